The number of aliphatic hydroxyl groups is 1. The topological polar surface area (TPSA) is 97.3 Å². The average Bonchev–Trinajstić information content (AvgIpc) is 3.28. The number of carbonyl (C=O) groups is 2. The fraction of sp³-hybridized carbons (Fsp3) is 0.394. The number of imide groups is 1. The molecule has 0 aromatic heterocycles. The lowest BCUT2D eigenvalue weighted by Crippen LogP contribution is -2.53. The Morgan fingerprint density at radius 2 is 1.53 bits per heavy atom. The zero-order chi connectivity index (χ0) is 34.2. The van der Waals surface area contributed by atoms with E-state index in [0.29, 0.717) is 61.7 Å². The molecule has 0 spiro atoms. The van der Waals surface area contributed by atoms with Gasteiger partial charge in [0.25, 0.3) is 11.5 Å². The number of benzene rings is 3. The third kappa shape index (κ3) is 6.18. The van der Waals surface area contributed by atoms with Crippen LogP contribution in [0.4, 0.5) is 31.1 Å². The molecule has 252 valence electrons. The van der Waals surface area contributed by atoms with Crippen molar-refractivity contribution in [3.63, 3.8) is 0 Å². The molecule has 0 saturated carbocycles. The second-order valence-corrected chi connectivity index (χ2v) is 11.3. The van der Waals surface area contributed by atoms with Gasteiger partial charge in [-0.2, -0.15) is 26.3 Å². The molecule has 2 aliphatic heterocycles. The van der Waals surface area contributed by atoms with E-state index in [4.69, 9.17) is 14.2 Å². The predicted molar refractivity (Wildman–Crippen MR) is 156 cm³/mol. The Labute approximate surface area is 266 Å². The molecule has 1 fully saturated rings. The maximum atomic E-state index is 13.6. The molecule has 0 radical (unpaired) electrons. The molecule has 2 N–H and O–H groups in total. The summed E-state index contributed by atoms with van der Waals surface area (Å²) in [7, 11) is 0. The maximum absolute atomic E-state index is 13.6. The van der Waals surface area contributed by atoms with Gasteiger partial charge in [-0.25, -0.2) is 4.79 Å². The molecule has 14 heteroatoms. The number of rotatable bonds is 10. The lowest BCUT2D eigenvalue weighted by Gasteiger charge is -2.33. The Hall–Kier alpha value is -4.46. The van der Waals surface area contributed by atoms with E-state index in [0.717, 1.165) is 16.5 Å². The lowest BCUT2D eigenvalue weighted by atomic mass is 9.86. The number of carbonyl (C=O) groups excluding carboxylic acids is 2. The summed E-state index contributed by atoms with van der Waals surface area (Å²) in [5.41, 5.74) is -6.31. The van der Waals surface area contributed by atoms with Crippen LogP contribution in [-0.4, -0.2) is 54.1 Å². The summed E-state index contributed by atoms with van der Waals surface area (Å²) in [5.74, 6) is 0.924. The molecular formula is C33H32F6N2O6. The first-order valence-corrected chi connectivity index (χ1v) is 14.9. The maximum Gasteiger partial charge on any atom is 0.430 e. The summed E-state index contributed by atoms with van der Waals surface area (Å²) in [6.07, 6.45) is -10.9. The molecule has 1 atom stereocenters. The van der Waals surface area contributed by atoms with Crippen molar-refractivity contribution in [3.05, 3.63) is 82.9 Å². The van der Waals surface area contributed by atoms with Gasteiger partial charge in [0.05, 0.1) is 0 Å². The van der Waals surface area contributed by atoms with Crippen LogP contribution in [0.2, 0.25) is 0 Å². The quantitative estimate of drug-likeness (QED) is 0.180. The SMILES string of the molecule is CCCc1cc(C(O)(C(F)(F)F)C(F)(F)F)ccc1Oc1ccc(CCN2C(=O)NC(CC)(c3ccc4c(c3)OCCO4)C2=O)cc1. The highest BCUT2D eigenvalue weighted by molar-refractivity contribution is 6.07. The molecule has 2 aliphatic rings. The van der Waals surface area contributed by atoms with Gasteiger partial charge in [-0.1, -0.05) is 44.5 Å². The predicted octanol–water partition coefficient (Wildman–Crippen LogP) is 6.91. The van der Waals surface area contributed by atoms with Gasteiger partial charge in [0.1, 0.15) is 30.3 Å². The van der Waals surface area contributed by atoms with Gasteiger partial charge in [0.2, 0.25) is 0 Å². The van der Waals surface area contributed by atoms with E-state index in [-0.39, 0.29) is 30.0 Å². The van der Waals surface area contributed by atoms with Gasteiger partial charge in [0, 0.05) is 12.1 Å². The van der Waals surface area contributed by atoms with Crippen molar-refractivity contribution in [2.75, 3.05) is 19.8 Å². The Kier molecular flexibility index (Phi) is 9.10. The van der Waals surface area contributed by atoms with E-state index in [9.17, 15) is 41.0 Å². The normalized spacial score (nSPS) is 18.4. The van der Waals surface area contributed by atoms with E-state index >= 15 is 0 Å². The summed E-state index contributed by atoms with van der Waals surface area (Å²) in [5, 5.41) is 12.7. The third-order valence-electron chi connectivity index (χ3n) is 8.33. The van der Waals surface area contributed by atoms with Crippen LogP contribution in [0.25, 0.3) is 0 Å². The number of halogens is 6. The van der Waals surface area contributed by atoms with Crippen LogP contribution in [-0.2, 0) is 28.8 Å². The second-order valence-electron chi connectivity index (χ2n) is 11.3. The molecule has 8 nitrogen and oxygen atoms in total. The van der Waals surface area contributed by atoms with Crippen molar-refractivity contribution >= 4 is 11.9 Å². The van der Waals surface area contributed by atoms with E-state index in [1.54, 1.807) is 56.3 Å². The number of nitrogens with zero attached hydrogens (tertiary/aromatic N) is 1. The van der Waals surface area contributed by atoms with E-state index < -0.39 is 41.0 Å². The van der Waals surface area contributed by atoms with Crippen LogP contribution in [0.3, 0.4) is 0 Å². The fourth-order valence-electron chi connectivity index (χ4n) is 5.73. The molecular weight excluding hydrogens is 634 g/mol. The Morgan fingerprint density at radius 3 is 2.15 bits per heavy atom. The standard InChI is InChI=1S/C33H32F6N2O6/c1-3-5-21-18-23(31(44,32(34,35)36)33(37,38)39)9-12-25(21)47-24-10-6-20(7-11-24)14-15-41-28(42)30(4-2,40-29(41)43)22-8-13-26-27(19-22)46-17-16-45-26/h6-13,18-19,44H,3-5,14-17H2,1-2H3,(H,40,43). The van der Waals surface area contributed by atoms with Crippen molar-refractivity contribution in [3.8, 4) is 23.0 Å². The van der Waals surface area contributed by atoms with Crippen molar-refractivity contribution in [1.29, 1.82) is 0 Å². The number of alkyl halides is 6. The number of hydrogen-bond acceptors (Lipinski definition) is 6. The molecule has 1 saturated heterocycles. The van der Waals surface area contributed by atoms with Crippen LogP contribution < -0.4 is 19.5 Å². The first-order valence-electron chi connectivity index (χ1n) is 14.9. The van der Waals surface area contributed by atoms with Crippen molar-refractivity contribution in [2.24, 2.45) is 0 Å². The molecule has 5 rings (SSSR count). The molecule has 3 amide bonds. The van der Waals surface area contributed by atoms with Crippen LogP contribution >= 0.6 is 0 Å². The zero-order valence-corrected chi connectivity index (χ0v) is 25.4. The number of aryl methyl sites for hydroxylation is 1. The number of hydrogen-bond donors (Lipinski definition) is 2. The molecule has 3 aromatic rings. The zero-order valence-electron chi connectivity index (χ0n) is 25.4. The second kappa shape index (κ2) is 12.6. The molecule has 1 unspecified atom stereocenters. The first kappa shape index (κ1) is 33.9. The van der Waals surface area contributed by atoms with Gasteiger partial charge < -0.3 is 24.6 Å². The fourth-order valence-corrected chi connectivity index (χ4v) is 5.73. The van der Waals surface area contributed by atoms with Crippen LogP contribution in [0, 0.1) is 0 Å². The number of nitrogens with one attached hydrogen (secondary N) is 1. The number of ether oxygens (including phenoxy) is 3. The molecule has 47 heavy (non-hydrogen) atoms. The largest absolute Gasteiger partial charge is 0.486 e. The highest BCUT2D eigenvalue weighted by Crippen LogP contribution is 2.51. The van der Waals surface area contributed by atoms with Gasteiger partial charge in [-0.15, -0.1) is 0 Å². The minimum Gasteiger partial charge on any atom is -0.486 e. The average molecular weight is 667 g/mol. The van der Waals surface area contributed by atoms with Crippen LogP contribution in [0.5, 0.6) is 23.0 Å². The summed E-state index contributed by atoms with van der Waals surface area (Å²) < 4.78 is 97.6. The minimum absolute atomic E-state index is 0.0319. The number of fused-ring (bicyclic) bond motifs is 1. The lowest BCUT2D eigenvalue weighted by molar-refractivity contribution is -0.376. The van der Waals surface area contributed by atoms with Gasteiger partial charge >= 0.3 is 18.4 Å². The minimum atomic E-state index is -6.00. The van der Waals surface area contributed by atoms with Crippen molar-refractivity contribution in [2.45, 2.75) is 63.0 Å². The van der Waals surface area contributed by atoms with E-state index in [1.807, 2.05) is 0 Å². The smallest absolute Gasteiger partial charge is 0.430 e. The summed E-state index contributed by atoms with van der Waals surface area (Å²) >= 11 is 0. The van der Waals surface area contributed by atoms with Gasteiger partial charge in [-0.3, -0.25) is 9.69 Å². The van der Waals surface area contributed by atoms with E-state index in [2.05, 4.69) is 5.32 Å². The summed E-state index contributed by atoms with van der Waals surface area (Å²) in [4.78, 5) is 27.7. The van der Waals surface area contributed by atoms with Crippen molar-refractivity contribution < 1.29 is 55.2 Å². The monoisotopic (exact) mass is 666 g/mol. The van der Waals surface area contributed by atoms with Crippen LogP contribution in [0.1, 0.15) is 48.9 Å². The number of amides is 3. The van der Waals surface area contributed by atoms with Gasteiger partial charge in [0.15, 0.2) is 11.5 Å². The molecule has 3 aromatic carbocycles. The number of urea groups is 1. The molecule has 0 bridgehead atoms. The van der Waals surface area contributed by atoms with Crippen LogP contribution in [0.15, 0.2) is 60.7 Å². The van der Waals surface area contributed by atoms with Gasteiger partial charge in [-0.05, 0) is 72.4 Å². The Morgan fingerprint density at radius 1 is 0.872 bits per heavy atom. The Balaban J connectivity index is 1.29. The first-order chi connectivity index (χ1) is 22.1. The van der Waals surface area contributed by atoms with E-state index in [1.165, 1.54) is 0 Å². The third-order valence-corrected chi connectivity index (χ3v) is 8.33. The summed E-state index contributed by atoms with van der Waals surface area (Å²) in [6.45, 7) is 4.34. The highest BCUT2D eigenvalue weighted by Gasteiger charge is 2.71. The molecule has 2 heterocycles. The highest BCUT2D eigenvalue weighted by atomic mass is 19.4. The molecule has 0 aliphatic carbocycles. The van der Waals surface area contributed by atoms with Crippen molar-refractivity contribution in [1.82, 2.24) is 10.2 Å². The Bertz CT molecular complexity index is 1630. The summed E-state index contributed by atoms with van der Waals surface area (Å²) in [6, 6.07) is 13.2.